The van der Waals surface area contributed by atoms with E-state index in [1.54, 1.807) is 7.11 Å². The number of ether oxygens (including phenoxy) is 1. The van der Waals surface area contributed by atoms with Crippen LogP contribution in [-0.4, -0.2) is 73.7 Å². The van der Waals surface area contributed by atoms with Crippen molar-refractivity contribution in [3.63, 3.8) is 0 Å². The number of nitrogens with zero attached hydrogens (tertiary/aromatic N) is 2. The van der Waals surface area contributed by atoms with Gasteiger partial charge in [-0.2, -0.15) is 0 Å². The molecule has 0 saturated carbocycles. The van der Waals surface area contributed by atoms with E-state index in [0.717, 1.165) is 45.7 Å². The minimum atomic E-state index is -0.653. The van der Waals surface area contributed by atoms with Gasteiger partial charge in [-0.15, -0.1) is 0 Å². The topological polar surface area (TPSA) is 44.8 Å². The van der Waals surface area contributed by atoms with Gasteiger partial charge in [0.1, 0.15) is 5.60 Å². The van der Waals surface area contributed by atoms with Gasteiger partial charge < -0.3 is 15.0 Å². The van der Waals surface area contributed by atoms with E-state index >= 15 is 0 Å². The van der Waals surface area contributed by atoms with Gasteiger partial charge >= 0.3 is 0 Å². The molecule has 1 amide bonds. The molecule has 2 aliphatic rings. The predicted octanol–water partition coefficient (Wildman–Crippen LogP) is -0.0825. The summed E-state index contributed by atoms with van der Waals surface area (Å²) in [5.41, 5.74) is -0.653. The van der Waals surface area contributed by atoms with Crippen molar-refractivity contribution < 1.29 is 9.53 Å². The van der Waals surface area contributed by atoms with E-state index in [1.807, 2.05) is 18.7 Å². The van der Waals surface area contributed by atoms with E-state index in [4.69, 9.17) is 4.74 Å². The van der Waals surface area contributed by atoms with Gasteiger partial charge in [0.2, 0.25) is 0 Å². The molecule has 1 N–H and O–H groups in total. The highest BCUT2D eigenvalue weighted by molar-refractivity contribution is 5.84. The first kappa shape index (κ1) is 13.8. The number of nitrogens with one attached hydrogen (secondary N) is 1. The standard InChI is InChI=1S/C13H25N3O2/c1-4-13(2,18-3)12(17)16-7-5-15(6-8-16)11-9-14-10-11/h11,14H,4-10H2,1-3H3. The Morgan fingerprint density at radius 3 is 2.33 bits per heavy atom. The normalized spacial score (nSPS) is 25.6. The lowest BCUT2D eigenvalue weighted by Crippen LogP contribution is -2.63. The summed E-state index contributed by atoms with van der Waals surface area (Å²) in [7, 11) is 1.62. The molecular formula is C13H25N3O2. The van der Waals surface area contributed by atoms with E-state index in [-0.39, 0.29) is 5.91 Å². The zero-order chi connectivity index (χ0) is 13.2. The quantitative estimate of drug-likeness (QED) is 0.763. The van der Waals surface area contributed by atoms with Crippen LogP contribution in [0.3, 0.4) is 0 Å². The molecule has 5 nitrogen and oxygen atoms in total. The summed E-state index contributed by atoms with van der Waals surface area (Å²) in [6.07, 6.45) is 0.717. The third kappa shape index (κ3) is 2.53. The Labute approximate surface area is 109 Å². The van der Waals surface area contributed by atoms with Gasteiger partial charge in [0.15, 0.2) is 0 Å². The summed E-state index contributed by atoms with van der Waals surface area (Å²) < 4.78 is 5.39. The van der Waals surface area contributed by atoms with Gasteiger partial charge in [0.25, 0.3) is 5.91 Å². The summed E-state index contributed by atoms with van der Waals surface area (Å²) >= 11 is 0. The number of carbonyl (C=O) groups excluding carboxylic acids is 1. The second kappa shape index (κ2) is 5.55. The predicted molar refractivity (Wildman–Crippen MR) is 70.5 cm³/mol. The largest absolute Gasteiger partial charge is 0.369 e. The van der Waals surface area contributed by atoms with Crippen LogP contribution in [0.5, 0.6) is 0 Å². The van der Waals surface area contributed by atoms with Crippen molar-refractivity contribution in [2.75, 3.05) is 46.4 Å². The molecule has 5 heteroatoms. The van der Waals surface area contributed by atoms with E-state index in [0.29, 0.717) is 6.04 Å². The molecule has 0 radical (unpaired) electrons. The first-order valence-electron chi connectivity index (χ1n) is 6.90. The van der Waals surface area contributed by atoms with Crippen molar-refractivity contribution in [2.45, 2.75) is 31.9 Å². The molecule has 1 atom stereocenters. The molecule has 2 saturated heterocycles. The highest BCUT2D eigenvalue weighted by Gasteiger charge is 2.37. The van der Waals surface area contributed by atoms with E-state index in [2.05, 4.69) is 10.2 Å². The fourth-order valence-electron chi connectivity index (χ4n) is 2.54. The molecule has 1 unspecified atom stereocenters. The van der Waals surface area contributed by atoms with Crippen molar-refractivity contribution >= 4 is 5.91 Å². The van der Waals surface area contributed by atoms with Crippen LogP contribution in [0.15, 0.2) is 0 Å². The number of hydrogen-bond acceptors (Lipinski definition) is 4. The molecule has 0 aromatic carbocycles. The number of methoxy groups -OCH3 is 1. The summed E-state index contributed by atoms with van der Waals surface area (Å²) in [4.78, 5) is 16.8. The Hall–Kier alpha value is -0.650. The van der Waals surface area contributed by atoms with Crippen LogP contribution in [0.1, 0.15) is 20.3 Å². The average Bonchev–Trinajstić information content (AvgIpc) is 2.36. The Kier molecular flexibility index (Phi) is 4.25. The van der Waals surface area contributed by atoms with Crippen molar-refractivity contribution in [2.24, 2.45) is 0 Å². The third-order valence-corrected chi connectivity index (χ3v) is 4.46. The molecule has 2 fully saturated rings. The van der Waals surface area contributed by atoms with Crippen molar-refractivity contribution in [3.05, 3.63) is 0 Å². The van der Waals surface area contributed by atoms with E-state index in [9.17, 15) is 4.79 Å². The molecule has 2 aliphatic heterocycles. The van der Waals surface area contributed by atoms with Crippen LogP contribution in [0.4, 0.5) is 0 Å². The van der Waals surface area contributed by atoms with Gasteiger partial charge in [0.05, 0.1) is 0 Å². The van der Waals surface area contributed by atoms with Crippen LogP contribution in [0, 0.1) is 0 Å². The summed E-state index contributed by atoms with van der Waals surface area (Å²) in [5, 5.41) is 3.29. The molecule has 0 aliphatic carbocycles. The molecule has 2 heterocycles. The van der Waals surface area contributed by atoms with Crippen LogP contribution >= 0.6 is 0 Å². The molecular weight excluding hydrogens is 230 g/mol. The van der Waals surface area contributed by atoms with Gasteiger partial charge in [-0.25, -0.2) is 0 Å². The minimum absolute atomic E-state index is 0.138. The number of amides is 1. The monoisotopic (exact) mass is 255 g/mol. The molecule has 104 valence electrons. The highest BCUT2D eigenvalue weighted by Crippen LogP contribution is 2.19. The van der Waals surface area contributed by atoms with Crippen molar-refractivity contribution in [1.82, 2.24) is 15.1 Å². The number of carbonyl (C=O) groups is 1. The maximum atomic E-state index is 12.4. The van der Waals surface area contributed by atoms with Gasteiger partial charge in [-0.3, -0.25) is 9.69 Å². The number of hydrogen-bond donors (Lipinski definition) is 1. The van der Waals surface area contributed by atoms with Crippen LogP contribution in [0.2, 0.25) is 0 Å². The fourth-order valence-corrected chi connectivity index (χ4v) is 2.54. The first-order valence-corrected chi connectivity index (χ1v) is 6.90. The van der Waals surface area contributed by atoms with Crippen LogP contribution in [0.25, 0.3) is 0 Å². The molecule has 0 bridgehead atoms. The lowest BCUT2D eigenvalue weighted by atomic mass is 10.0. The summed E-state index contributed by atoms with van der Waals surface area (Å²) in [6, 6.07) is 0.683. The summed E-state index contributed by atoms with van der Waals surface area (Å²) in [5.74, 6) is 0.138. The maximum absolute atomic E-state index is 12.4. The zero-order valence-electron chi connectivity index (χ0n) is 11.7. The SMILES string of the molecule is CCC(C)(OC)C(=O)N1CCN(C2CNC2)CC1. The molecule has 18 heavy (non-hydrogen) atoms. The van der Waals surface area contributed by atoms with Crippen LogP contribution < -0.4 is 5.32 Å². The Balaban J connectivity index is 1.86. The number of rotatable bonds is 4. The lowest BCUT2D eigenvalue weighted by Gasteiger charge is -2.44. The van der Waals surface area contributed by atoms with Crippen molar-refractivity contribution in [3.8, 4) is 0 Å². The molecule has 0 spiro atoms. The maximum Gasteiger partial charge on any atom is 0.254 e. The zero-order valence-corrected chi connectivity index (χ0v) is 11.7. The minimum Gasteiger partial charge on any atom is -0.369 e. The Bertz CT molecular complexity index is 293. The van der Waals surface area contributed by atoms with Gasteiger partial charge in [0, 0.05) is 52.4 Å². The Morgan fingerprint density at radius 2 is 1.94 bits per heavy atom. The molecule has 2 rings (SSSR count). The third-order valence-electron chi connectivity index (χ3n) is 4.46. The highest BCUT2D eigenvalue weighted by atomic mass is 16.5. The summed E-state index contributed by atoms with van der Waals surface area (Å²) in [6.45, 7) is 9.71. The van der Waals surface area contributed by atoms with E-state index < -0.39 is 5.60 Å². The number of piperazine rings is 1. The molecule has 0 aromatic heterocycles. The van der Waals surface area contributed by atoms with Gasteiger partial charge in [-0.05, 0) is 13.3 Å². The fraction of sp³-hybridized carbons (Fsp3) is 0.923. The Morgan fingerprint density at radius 1 is 1.33 bits per heavy atom. The van der Waals surface area contributed by atoms with E-state index in [1.165, 1.54) is 0 Å². The smallest absolute Gasteiger partial charge is 0.254 e. The second-order valence-corrected chi connectivity index (χ2v) is 5.43. The van der Waals surface area contributed by atoms with Crippen LogP contribution in [-0.2, 0) is 9.53 Å². The first-order chi connectivity index (χ1) is 8.60. The lowest BCUT2D eigenvalue weighted by molar-refractivity contribution is -0.155. The second-order valence-electron chi connectivity index (χ2n) is 5.43. The molecule has 0 aromatic rings. The average molecular weight is 255 g/mol. The van der Waals surface area contributed by atoms with Crippen molar-refractivity contribution in [1.29, 1.82) is 0 Å². The van der Waals surface area contributed by atoms with Gasteiger partial charge in [-0.1, -0.05) is 6.92 Å².